The normalized spacial score (nSPS) is 14.0. The minimum atomic E-state index is -0.964. The third kappa shape index (κ3) is 3.52. The van der Waals surface area contributed by atoms with Crippen molar-refractivity contribution in [1.29, 1.82) is 0 Å². The summed E-state index contributed by atoms with van der Waals surface area (Å²) in [5.74, 6) is 0. The van der Waals surface area contributed by atoms with Crippen molar-refractivity contribution < 1.29 is 10.2 Å². The number of hydrogen-bond donors (Lipinski definition) is 2. The number of aliphatic hydroxyl groups is 2. The fraction of sp³-hybridized carbons (Fsp3) is 1.00. The van der Waals surface area contributed by atoms with E-state index in [2.05, 4.69) is 0 Å². The minimum Gasteiger partial charge on any atom is -0.376 e. The lowest BCUT2D eigenvalue weighted by Gasteiger charge is -2.42. The molecule has 0 atom stereocenters. The summed E-state index contributed by atoms with van der Waals surface area (Å²) in [6.07, 6.45) is 0.911. The zero-order valence-electron chi connectivity index (χ0n) is 8.76. The van der Waals surface area contributed by atoms with E-state index in [0.717, 1.165) is 6.42 Å². The molecule has 2 N–H and O–H groups in total. The Hall–Kier alpha value is -0.120. The molecule has 0 spiro atoms. The van der Waals surface area contributed by atoms with Crippen LogP contribution in [0, 0.1) is 0 Å². The van der Waals surface area contributed by atoms with Gasteiger partial charge >= 0.3 is 0 Å². The molecule has 0 saturated heterocycles. The van der Waals surface area contributed by atoms with Gasteiger partial charge in [0.1, 0.15) is 11.4 Å². The smallest absolute Gasteiger partial charge is 0.115 e. The molecule has 3 nitrogen and oxygen atoms in total. The van der Waals surface area contributed by atoms with Crippen LogP contribution in [0.3, 0.4) is 0 Å². The highest BCUT2D eigenvalue weighted by Crippen LogP contribution is 2.20. The molecule has 0 radical (unpaired) electrons. The summed E-state index contributed by atoms with van der Waals surface area (Å²) in [6, 6.07) is 0. The van der Waals surface area contributed by atoms with Crippen molar-refractivity contribution in [2.75, 3.05) is 6.54 Å². The SMILES string of the molecule is CCCN(C(C)(C)O)C(C)(C)O. The van der Waals surface area contributed by atoms with Gasteiger partial charge in [-0.05, 0) is 34.1 Å². The van der Waals surface area contributed by atoms with Gasteiger partial charge in [0.25, 0.3) is 0 Å². The molecule has 0 saturated carbocycles. The zero-order valence-corrected chi connectivity index (χ0v) is 8.76. The number of nitrogens with zero attached hydrogens (tertiary/aromatic N) is 1. The Bertz CT molecular complexity index is 118. The van der Waals surface area contributed by atoms with Crippen molar-refractivity contribution >= 4 is 0 Å². The monoisotopic (exact) mass is 175 g/mol. The highest BCUT2D eigenvalue weighted by molar-refractivity contribution is 4.77. The quantitative estimate of drug-likeness (QED) is 0.630. The molecule has 0 fully saturated rings. The Morgan fingerprint density at radius 3 is 1.42 bits per heavy atom. The van der Waals surface area contributed by atoms with E-state index in [0.29, 0.717) is 6.54 Å². The molecule has 0 aromatic carbocycles. The Balaban J connectivity index is 4.45. The minimum absolute atomic E-state index is 0.688. The molecule has 0 aromatic rings. The maximum absolute atomic E-state index is 9.71. The predicted octanol–water partition coefficient (Wildman–Crippen LogP) is 1.16. The summed E-state index contributed by atoms with van der Waals surface area (Å²) < 4.78 is 0. The summed E-state index contributed by atoms with van der Waals surface area (Å²) in [6.45, 7) is 9.43. The molecule has 74 valence electrons. The molecular formula is C9H21NO2. The lowest BCUT2D eigenvalue weighted by Crippen LogP contribution is -2.55. The average molecular weight is 175 g/mol. The molecule has 0 unspecified atom stereocenters. The first-order valence-corrected chi connectivity index (χ1v) is 4.42. The van der Waals surface area contributed by atoms with E-state index in [4.69, 9.17) is 0 Å². The molecule has 12 heavy (non-hydrogen) atoms. The lowest BCUT2D eigenvalue weighted by atomic mass is 10.1. The van der Waals surface area contributed by atoms with E-state index < -0.39 is 11.4 Å². The third-order valence-corrected chi connectivity index (χ3v) is 1.77. The first-order valence-electron chi connectivity index (χ1n) is 4.42. The van der Waals surface area contributed by atoms with Crippen molar-refractivity contribution in [3.8, 4) is 0 Å². The number of hydrogen-bond acceptors (Lipinski definition) is 3. The first kappa shape index (κ1) is 11.9. The molecule has 0 aromatic heterocycles. The van der Waals surface area contributed by atoms with Crippen molar-refractivity contribution in [3.63, 3.8) is 0 Å². The van der Waals surface area contributed by atoms with Gasteiger partial charge in [-0.3, -0.25) is 0 Å². The van der Waals surface area contributed by atoms with Crippen LogP contribution in [0.25, 0.3) is 0 Å². The molecule has 0 heterocycles. The van der Waals surface area contributed by atoms with E-state index in [9.17, 15) is 10.2 Å². The molecule has 0 amide bonds. The molecule has 0 aliphatic rings. The topological polar surface area (TPSA) is 43.7 Å². The summed E-state index contributed by atoms with van der Waals surface area (Å²) >= 11 is 0. The van der Waals surface area contributed by atoms with Crippen LogP contribution in [0.4, 0.5) is 0 Å². The van der Waals surface area contributed by atoms with E-state index in [1.807, 2.05) is 6.92 Å². The highest BCUT2D eigenvalue weighted by Gasteiger charge is 2.33. The van der Waals surface area contributed by atoms with Gasteiger partial charge in [-0.2, -0.15) is 0 Å². The van der Waals surface area contributed by atoms with Crippen LogP contribution in [-0.2, 0) is 0 Å². The van der Waals surface area contributed by atoms with Gasteiger partial charge in [-0.1, -0.05) is 6.92 Å². The maximum atomic E-state index is 9.71. The average Bonchev–Trinajstić information content (AvgIpc) is 1.77. The van der Waals surface area contributed by atoms with Crippen LogP contribution < -0.4 is 0 Å². The molecule has 3 heteroatoms. The van der Waals surface area contributed by atoms with E-state index in [1.165, 1.54) is 0 Å². The summed E-state index contributed by atoms with van der Waals surface area (Å²) in [4.78, 5) is 1.67. The van der Waals surface area contributed by atoms with Crippen LogP contribution in [0.5, 0.6) is 0 Å². The van der Waals surface area contributed by atoms with Crippen LogP contribution in [-0.4, -0.2) is 33.1 Å². The van der Waals surface area contributed by atoms with Gasteiger partial charge in [0.2, 0.25) is 0 Å². The van der Waals surface area contributed by atoms with E-state index in [1.54, 1.807) is 32.6 Å². The predicted molar refractivity (Wildman–Crippen MR) is 49.6 cm³/mol. The van der Waals surface area contributed by atoms with Crippen LogP contribution >= 0.6 is 0 Å². The highest BCUT2D eigenvalue weighted by atomic mass is 16.3. The van der Waals surface area contributed by atoms with Crippen LogP contribution in [0.1, 0.15) is 41.0 Å². The van der Waals surface area contributed by atoms with Crippen molar-refractivity contribution in [2.24, 2.45) is 0 Å². The second-order valence-corrected chi connectivity index (χ2v) is 4.14. The second-order valence-electron chi connectivity index (χ2n) is 4.14. The van der Waals surface area contributed by atoms with Gasteiger partial charge in [0, 0.05) is 6.54 Å². The largest absolute Gasteiger partial charge is 0.376 e. The molecule has 0 rings (SSSR count). The van der Waals surface area contributed by atoms with Crippen molar-refractivity contribution in [3.05, 3.63) is 0 Å². The molecule has 0 aliphatic carbocycles. The van der Waals surface area contributed by atoms with Gasteiger partial charge in [0.05, 0.1) is 0 Å². The van der Waals surface area contributed by atoms with Crippen molar-refractivity contribution in [1.82, 2.24) is 4.90 Å². The van der Waals surface area contributed by atoms with Crippen LogP contribution in [0.15, 0.2) is 0 Å². The second kappa shape index (κ2) is 3.73. The lowest BCUT2D eigenvalue weighted by molar-refractivity contribution is -0.199. The van der Waals surface area contributed by atoms with Gasteiger partial charge < -0.3 is 10.2 Å². The summed E-state index contributed by atoms with van der Waals surface area (Å²) in [5, 5.41) is 19.4. The Morgan fingerprint density at radius 2 is 1.33 bits per heavy atom. The maximum Gasteiger partial charge on any atom is 0.115 e. The van der Waals surface area contributed by atoms with Gasteiger partial charge in [0.15, 0.2) is 0 Å². The summed E-state index contributed by atoms with van der Waals surface area (Å²) in [5.41, 5.74) is -1.93. The Morgan fingerprint density at radius 1 is 1.00 bits per heavy atom. The number of rotatable bonds is 4. The van der Waals surface area contributed by atoms with E-state index in [-0.39, 0.29) is 0 Å². The standard InChI is InChI=1S/C9H21NO2/c1-6-7-10(8(2,3)11)9(4,5)12/h11-12H,6-7H2,1-5H3. The van der Waals surface area contributed by atoms with E-state index >= 15 is 0 Å². The first-order chi connectivity index (χ1) is 5.19. The Kier molecular flexibility index (Phi) is 3.69. The zero-order chi connectivity index (χ0) is 9.99. The van der Waals surface area contributed by atoms with Crippen LogP contribution in [0.2, 0.25) is 0 Å². The van der Waals surface area contributed by atoms with Crippen molar-refractivity contribution in [2.45, 2.75) is 52.5 Å². The molecule has 0 aliphatic heterocycles. The molecular weight excluding hydrogens is 154 g/mol. The third-order valence-electron chi connectivity index (χ3n) is 1.77. The fourth-order valence-corrected chi connectivity index (χ4v) is 1.44. The summed E-state index contributed by atoms with van der Waals surface area (Å²) in [7, 11) is 0. The molecule has 0 bridgehead atoms. The van der Waals surface area contributed by atoms with Gasteiger partial charge in [-0.15, -0.1) is 0 Å². The Labute approximate surface area is 75.0 Å². The van der Waals surface area contributed by atoms with Gasteiger partial charge in [-0.25, -0.2) is 4.90 Å². The fourth-order valence-electron chi connectivity index (χ4n) is 1.44.